The van der Waals surface area contributed by atoms with Crippen LogP contribution in [0.4, 0.5) is 5.69 Å². The summed E-state index contributed by atoms with van der Waals surface area (Å²) in [5, 5.41) is 2.80. The quantitative estimate of drug-likeness (QED) is 0.724. The van der Waals surface area contributed by atoms with Gasteiger partial charge >= 0.3 is 0 Å². The van der Waals surface area contributed by atoms with E-state index in [1.165, 1.54) is 6.07 Å². The SMILES string of the molecule is CCCN1C(C)=NS(=O)(=O)c2cc(C(=O)NCc3c(OC)cccc3OC)ccc21. The van der Waals surface area contributed by atoms with Gasteiger partial charge in [0.15, 0.2) is 0 Å². The van der Waals surface area contributed by atoms with Crippen LogP contribution in [-0.4, -0.2) is 40.9 Å². The molecule has 1 amide bonds. The number of benzene rings is 2. The molecule has 0 saturated heterocycles. The summed E-state index contributed by atoms with van der Waals surface area (Å²) in [4.78, 5) is 14.6. The van der Waals surface area contributed by atoms with Crippen LogP contribution in [0.25, 0.3) is 0 Å². The topological polar surface area (TPSA) is 97.3 Å². The number of amidine groups is 1. The zero-order valence-electron chi connectivity index (χ0n) is 17.4. The average molecular weight is 432 g/mol. The Balaban J connectivity index is 1.88. The van der Waals surface area contributed by atoms with Crippen molar-refractivity contribution in [1.29, 1.82) is 0 Å². The molecule has 1 heterocycles. The van der Waals surface area contributed by atoms with Crippen molar-refractivity contribution in [2.75, 3.05) is 25.7 Å². The van der Waals surface area contributed by atoms with Gasteiger partial charge in [-0.1, -0.05) is 13.0 Å². The second kappa shape index (κ2) is 8.74. The fraction of sp³-hybridized carbons (Fsp3) is 0.333. The van der Waals surface area contributed by atoms with Crippen LogP contribution in [0, 0.1) is 0 Å². The van der Waals surface area contributed by atoms with Gasteiger partial charge in [-0.05, 0) is 43.7 Å². The number of rotatable bonds is 7. The molecule has 160 valence electrons. The van der Waals surface area contributed by atoms with Crippen molar-refractivity contribution in [3.63, 3.8) is 0 Å². The Morgan fingerprint density at radius 3 is 2.40 bits per heavy atom. The Kier molecular flexibility index (Phi) is 6.31. The molecule has 0 spiro atoms. The highest BCUT2D eigenvalue weighted by atomic mass is 32.2. The molecule has 3 rings (SSSR count). The lowest BCUT2D eigenvalue weighted by atomic mass is 10.1. The second-order valence-electron chi connectivity index (χ2n) is 6.77. The van der Waals surface area contributed by atoms with E-state index in [1.54, 1.807) is 51.5 Å². The molecule has 1 N–H and O–H groups in total. The summed E-state index contributed by atoms with van der Waals surface area (Å²) < 4.78 is 39.7. The molecule has 1 aliphatic heterocycles. The van der Waals surface area contributed by atoms with E-state index in [0.29, 0.717) is 35.1 Å². The standard InChI is InChI=1S/C21H25N3O5S/c1-5-11-24-14(2)23-30(26,27)20-12-15(9-10-17(20)24)21(25)22-13-16-18(28-3)7-6-8-19(16)29-4/h6-10,12H,5,11,13H2,1-4H3,(H,22,25). The largest absolute Gasteiger partial charge is 0.496 e. The van der Waals surface area contributed by atoms with Crippen molar-refractivity contribution in [1.82, 2.24) is 5.32 Å². The second-order valence-corrected chi connectivity index (χ2v) is 8.34. The lowest BCUT2D eigenvalue weighted by Gasteiger charge is -2.29. The zero-order valence-corrected chi connectivity index (χ0v) is 18.2. The highest BCUT2D eigenvalue weighted by molar-refractivity contribution is 7.90. The van der Waals surface area contributed by atoms with Crippen molar-refractivity contribution in [3.8, 4) is 11.5 Å². The third kappa shape index (κ3) is 4.11. The Morgan fingerprint density at radius 2 is 1.80 bits per heavy atom. The molecule has 0 fully saturated rings. The van der Waals surface area contributed by atoms with Gasteiger partial charge in [0.2, 0.25) is 0 Å². The number of carbonyl (C=O) groups is 1. The number of hydrogen-bond acceptors (Lipinski definition) is 6. The molecule has 9 heteroatoms. The third-order valence-corrected chi connectivity index (χ3v) is 6.22. The van der Waals surface area contributed by atoms with Crippen LogP contribution in [0.5, 0.6) is 11.5 Å². The monoisotopic (exact) mass is 431 g/mol. The molecule has 0 unspecified atom stereocenters. The number of anilines is 1. The maximum absolute atomic E-state index is 12.7. The van der Waals surface area contributed by atoms with Crippen LogP contribution < -0.4 is 19.7 Å². The van der Waals surface area contributed by atoms with Crippen LogP contribution in [-0.2, 0) is 16.6 Å². The first-order valence-corrected chi connectivity index (χ1v) is 11.0. The zero-order chi connectivity index (χ0) is 21.9. The Bertz CT molecular complexity index is 1070. The molecule has 0 bridgehead atoms. The molecule has 0 aromatic heterocycles. The van der Waals surface area contributed by atoms with Gasteiger partial charge < -0.3 is 19.7 Å². The fourth-order valence-corrected chi connectivity index (χ4v) is 4.67. The summed E-state index contributed by atoms with van der Waals surface area (Å²) in [6.45, 7) is 4.47. The minimum atomic E-state index is -3.86. The van der Waals surface area contributed by atoms with Gasteiger partial charge in [0.25, 0.3) is 15.9 Å². The molecule has 1 aliphatic rings. The van der Waals surface area contributed by atoms with Crippen molar-refractivity contribution < 1.29 is 22.7 Å². The van der Waals surface area contributed by atoms with E-state index < -0.39 is 15.9 Å². The predicted octanol–water partition coefficient (Wildman–Crippen LogP) is 2.97. The Hall–Kier alpha value is -3.07. The highest BCUT2D eigenvalue weighted by Crippen LogP contribution is 2.33. The molecular formula is C21H25N3O5S. The number of sulfonamides is 1. The fourth-order valence-electron chi connectivity index (χ4n) is 3.41. The molecule has 30 heavy (non-hydrogen) atoms. The van der Waals surface area contributed by atoms with Crippen molar-refractivity contribution >= 4 is 27.5 Å². The number of nitrogens with one attached hydrogen (secondary N) is 1. The molecule has 8 nitrogen and oxygen atoms in total. The van der Waals surface area contributed by atoms with E-state index in [0.717, 1.165) is 6.42 Å². The van der Waals surface area contributed by atoms with E-state index in [9.17, 15) is 13.2 Å². The van der Waals surface area contributed by atoms with Crippen LogP contribution in [0.2, 0.25) is 0 Å². The number of methoxy groups -OCH3 is 2. The molecular weight excluding hydrogens is 406 g/mol. The van der Waals surface area contributed by atoms with Gasteiger partial charge in [0.05, 0.1) is 32.0 Å². The van der Waals surface area contributed by atoms with E-state index in [1.807, 2.05) is 11.8 Å². The van der Waals surface area contributed by atoms with Gasteiger partial charge in [0, 0.05) is 12.1 Å². The highest BCUT2D eigenvalue weighted by Gasteiger charge is 2.29. The van der Waals surface area contributed by atoms with Gasteiger partial charge in [-0.3, -0.25) is 4.79 Å². The van der Waals surface area contributed by atoms with Crippen molar-refractivity contribution in [2.24, 2.45) is 4.40 Å². The number of nitrogens with zero attached hydrogens (tertiary/aromatic N) is 2. The summed E-state index contributed by atoms with van der Waals surface area (Å²) in [6, 6.07) is 9.99. The Morgan fingerprint density at radius 1 is 1.13 bits per heavy atom. The molecule has 0 aliphatic carbocycles. The minimum Gasteiger partial charge on any atom is -0.496 e. The van der Waals surface area contributed by atoms with E-state index in [4.69, 9.17) is 9.47 Å². The van der Waals surface area contributed by atoms with E-state index in [2.05, 4.69) is 9.71 Å². The van der Waals surface area contributed by atoms with Crippen LogP contribution in [0.1, 0.15) is 36.2 Å². The normalized spacial score (nSPS) is 14.5. The lowest BCUT2D eigenvalue weighted by molar-refractivity contribution is 0.0950. The molecule has 0 atom stereocenters. The summed E-state index contributed by atoms with van der Waals surface area (Å²) >= 11 is 0. The maximum atomic E-state index is 12.7. The van der Waals surface area contributed by atoms with Crippen molar-refractivity contribution in [3.05, 3.63) is 47.5 Å². The van der Waals surface area contributed by atoms with E-state index >= 15 is 0 Å². The average Bonchev–Trinajstić information content (AvgIpc) is 2.74. The van der Waals surface area contributed by atoms with Gasteiger partial charge in [-0.25, -0.2) is 0 Å². The summed E-state index contributed by atoms with van der Waals surface area (Å²) in [5.41, 5.74) is 1.46. The van der Waals surface area contributed by atoms with Gasteiger partial charge in [0.1, 0.15) is 22.2 Å². The molecule has 2 aromatic carbocycles. The van der Waals surface area contributed by atoms with Gasteiger partial charge in [-0.15, -0.1) is 4.40 Å². The smallest absolute Gasteiger partial charge is 0.286 e. The number of ether oxygens (including phenoxy) is 2. The lowest BCUT2D eigenvalue weighted by Crippen LogP contribution is -2.34. The molecule has 0 radical (unpaired) electrons. The number of hydrogen-bond donors (Lipinski definition) is 1. The first kappa shape index (κ1) is 21.6. The minimum absolute atomic E-state index is 0.0315. The van der Waals surface area contributed by atoms with Crippen LogP contribution in [0.3, 0.4) is 0 Å². The number of carbonyl (C=O) groups excluding carboxylic acids is 1. The van der Waals surface area contributed by atoms with Crippen LogP contribution in [0.15, 0.2) is 45.7 Å². The molecule has 0 saturated carbocycles. The van der Waals surface area contributed by atoms with Crippen LogP contribution >= 0.6 is 0 Å². The molecule has 2 aromatic rings. The Labute approximate surface area is 176 Å². The first-order chi connectivity index (χ1) is 14.3. The summed E-state index contributed by atoms with van der Waals surface area (Å²) in [6.07, 6.45) is 0.829. The van der Waals surface area contributed by atoms with Gasteiger partial charge in [-0.2, -0.15) is 8.42 Å². The third-order valence-electron chi connectivity index (χ3n) is 4.84. The number of fused-ring (bicyclic) bond motifs is 1. The van der Waals surface area contributed by atoms with E-state index in [-0.39, 0.29) is 17.0 Å². The first-order valence-electron chi connectivity index (χ1n) is 9.53. The summed E-state index contributed by atoms with van der Waals surface area (Å²) in [5.74, 6) is 1.18. The van der Waals surface area contributed by atoms with Crippen molar-refractivity contribution in [2.45, 2.75) is 31.7 Å². The summed E-state index contributed by atoms with van der Waals surface area (Å²) in [7, 11) is -0.779. The maximum Gasteiger partial charge on any atom is 0.286 e. The number of amides is 1. The predicted molar refractivity (Wildman–Crippen MR) is 115 cm³/mol.